The van der Waals surface area contributed by atoms with Crippen molar-refractivity contribution in [2.75, 3.05) is 0 Å². The van der Waals surface area contributed by atoms with Crippen molar-refractivity contribution in [3.8, 4) is 11.7 Å². The first-order valence-corrected chi connectivity index (χ1v) is 4.11. The van der Waals surface area contributed by atoms with Crippen molar-refractivity contribution in [3.63, 3.8) is 0 Å². The Kier molecular flexibility index (Phi) is 2.94. The molecule has 1 aromatic heterocycles. The Morgan fingerprint density at radius 1 is 1.73 bits per heavy atom. The molecule has 0 aliphatic heterocycles. The van der Waals surface area contributed by atoms with Crippen LogP contribution in [0.25, 0.3) is 0 Å². The van der Waals surface area contributed by atoms with Crippen molar-refractivity contribution in [2.45, 2.75) is 18.2 Å². The molecule has 56 valence electrons. The standard InChI is InChI=1S/C8H8N2S/c1-3-7-8(11-4-2)5-9-6-10-7/h2,5-6H,3H2,1H3. The van der Waals surface area contributed by atoms with Crippen LogP contribution in [0.3, 0.4) is 0 Å². The third kappa shape index (κ3) is 1.95. The maximum atomic E-state index is 5.14. The molecule has 0 amide bonds. The minimum absolute atomic E-state index is 0.895. The van der Waals surface area contributed by atoms with Crippen molar-refractivity contribution in [1.29, 1.82) is 0 Å². The summed E-state index contributed by atoms with van der Waals surface area (Å²) in [7, 11) is 0. The van der Waals surface area contributed by atoms with Gasteiger partial charge in [-0.15, -0.1) is 6.42 Å². The van der Waals surface area contributed by atoms with E-state index in [1.807, 2.05) is 6.92 Å². The first kappa shape index (κ1) is 8.09. The van der Waals surface area contributed by atoms with E-state index >= 15 is 0 Å². The molecule has 1 heterocycles. The lowest BCUT2D eigenvalue weighted by Crippen LogP contribution is -1.90. The van der Waals surface area contributed by atoms with Crippen molar-refractivity contribution >= 4 is 11.8 Å². The van der Waals surface area contributed by atoms with Gasteiger partial charge in [-0.1, -0.05) is 6.92 Å². The van der Waals surface area contributed by atoms with E-state index in [0.717, 1.165) is 17.0 Å². The zero-order valence-electron chi connectivity index (χ0n) is 6.24. The summed E-state index contributed by atoms with van der Waals surface area (Å²) in [6, 6.07) is 0. The van der Waals surface area contributed by atoms with Crippen LogP contribution in [0.15, 0.2) is 17.4 Å². The molecule has 3 heteroatoms. The van der Waals surface area contributed by atoms with E-state index in [1.54, 1.807) is 12.5 Å². The summed E-state index contributed by atoms with van der Waals surface area (Å²) in [4.78, 5) is 8.96. The number of aromatic nitrogens is 2. The van der Waals surface area contributed by atoms with E-state index in [9.17, 15) is 0 Å². The van der Waals surface area contributed by atoms with Crippen LogP contribution in [0.4, 0.5) is 0 Å². The van der Waals surface area contributed by atoms with Crippen LogP contribution in [0.1, 0.15) is 12.6 Å². The van der Waals surface area contributed by atoms with Gasteiger partial charge in [0.2, 0.25) is 0 Å². The highest BCUT2D eigenvalue weighted by atomic mass is 32.2. The fourth-order valence-electron chi connectivity index (χ4n) is 0.756. The Labute approximate surface area is 70.5 Å². The maximum absolute atomic E-state index is 5.14. The molecule has 1 rings (SSSR count). The van der Waals surface area contributed by atoms with Crippen LogP contribution < -0.4 is 0 Å². The predicted octanol–water partition coefficient (Wildman–Crippen LogP) is 1.72. The second kappa shape index (κ2) is 3.99. The Morgan fingerprint density at radius 3 is 3.18 bits per heavy atom. The molecule has 0 saturated carbocycles. The Morgan fingerprint density at radius 2 is 2.55 bits per heavy atom. The van der Waals surface area contributed by atoms with E-state index in [2.05, 4.69) is 15.2 Å². The average Bonchev–Trinajstić information content (AvgIpc) is 2.06. The lowest BCUT2D eigenvalue weighted by molar-refractivity contribution is 0.940. The van der Waals surface area contributed by atoms with Crippen molar-refractivity contribution in [2.24, 2.45) is 0 Å². The van der Waals surface area contributed by atoms with E-state index in [-0.39, 0.29) is 0 Å². The monoisotopic (exact) mass is 164 g/mol. The number of rotatable bonds is 2. The second-order valence-electron chi connectivity index (χ2n) is 1.91. The molecule has 0 unspecified atom stereocenters. The van der Waals surface area contributed by atoms with Crippen molar-refractivity contribution in [3.05, 3.63) is 18.2 Å². The normalized spacial score (nSPS) is 9.09. The summed E-state index contributed by atoms with van der Waals surface area (Å²) in [6.45, 7) is 2.04. The first-order valence-electron chi connectivity index (χ1n) is 3.29. The minimum Gasteiger partial charge on any atom is -0.244 e. The van der Waals surface area contributed by atoms with Gasteiger partial charge in [0, 0.05) is 6.20 Å². The van der Waals surface area contributed by atoms with Crippen LogP contribution in [-0.2, 0) is 6.42 Å². The molecule has 0 saturated heterocycles. The largest absolute Gasteiger partial charge is 0.244 e. The molecule has 0 radical (unpaired) electrons. The summed E-state index contributed by atoms with van der Waals surface area (Å²) in [5.74, 6) is 0. The molecule has 0 spiro atoms. The van der Waals surface area contributed by atoms with Gasteiger partial charge in [0.25, 0.3) is 0 Å². The van der Waals surface area contributed by atoms with Gasteiger partial charge in [-0.05, 0) is 23.4 Å². The third-order valence-corrected chi connectivity index (χ3v) is 1.94. The highest BCUT2D eigenvalue weighted by molar-refractivity contribution is 8.04. The molecule has 0 bridgehead atoms. The SMILES string of the molecule is C#CSc1cncnc1CC. The van der Waals surface area contributed by atoms with Crippen LogP contribution >= 0.6 is 11.8 Å². The van der Waals surface area contributed by atoms with Gasteiger partial charge >= 0.3 is 0 Å². The summed E-state index contributed by atoms with van der Waals surface area (Å²) in [6.07, 6.45) is 9.32. The number of hydrogen-bond donors (Lipinski definition) is 0. The lowest BCUT2D eigenvalue weighted by Gasteiger charge is -1.98. The fraction of sp³-hybridized carbons (Fsp3) is 0.250. The smallest absolute Gasteiger partial charge is 0.115 e. The second-order valence-corrected chi connectivity index (χ2v) is 2.79. The van der Waals surface area contributed by atoms with Crippen LogP contribution in [0.5, 0.6) is 0 Å². The van der Waals surface area contributed by atoms with Gasteiger partial charge in [0.1, 0.15) is 6.33 Å². The van der Waals surface area contributed by atoms with Crippen molar-refractivity contribution < 1.29 is 0 Å². The molecule has 1 aromatic rings. The van der Waals surface area contributed by atoms with Crippen LogP contribution in [0.2, 0.25) is 0 Å². The van der Waals surface area contributed by atoms with Gasteiger partial charge in [-0.2, -0.15) is 0 Å². The van der Waals surface area contributed by atoms with Gasteiger partial charge in [-0.3, -0.25) is 0 Å². The fourth-order valence-corrected chi connectivity index (χ4v) is 1.31. The molecule has 0 aliphatic carbocycles. The molecule has 0 aliphatic rings. The van der Waals surface area contributed by atoms with Gasteiger partial charge in [0.05, 0.1) is 10.6 Å². The Bertz CT molecular complexity index is 278. The zero-order valence-corrected chi connectivity index (χ0v) is 7.06. The first-order chi connectivity index (χ1) is 5.38. The Hall–Kier alpha value is -1.01. The van der Waals surface area contributed by atoms with Crippen LogP contribution in [-0.4, -0.2) is 9.97 Å². The summed E-state index contributed by atoms with van der Waals surface area (Å²) < 4.78 is 0. The zero-order chi connectivity index (χ0) is 8.10. The van der Waals surface area contributed by atoms with Gasteiger partial charge in [0.15, 0.2) is 0 Å². The highest BCUT2D eigenvalue weighted by Crippen LogP contribution is 2.18. The molecule has 0 aromatic carbocycles. The summed E-state index contributed by atoms with van der Waals surface area (Å²) >= 11 is 1.33. The third-order valence-electron chi connectivity index (χ3n) is 1.26. The Balaban J connectivity index is 2.94. The highest BCUT2D eigenvalue weighted by Gasteiger charge is 1.99. The number of thioether (sulfide) groups is 1. The number of nitrogens with zero attached hydrogens (tertiary/aromatic N) is 2. The number of aryl methyl sites for hydroxylation is 1. The average molecular weight is 164 g/mol. The predicted molar refractivity (Wildman–Crippen MR) is 46.1 cm³/mol. The topological polar surface area (TPSA) is 25.8 Å². The van der Waals surface area contributed by atoms with E-state index < -0.39 is 0 Å². The van der Waals surface area contributed by atoms with E-state index in [1.165, 1.54) is 11.8 Å². The molecule has 2 nitrogen and oxygen atoms in total. The van der Waals surface area contributed by atoms with Crippen LogP contribution in [0, 0.1) is 11.7 Å². The van der Waals surface area contributed by atoms with Gasteiger partial charge in [-0.25, -0.2) is 9.97 Å². The molecule has 0 fully saturated rings. The quantitative estimate of drug-likeness (QED) is 0.491. The van der Waals surface area contributed by atoms with Crippen molar-refractivity contribution in [1.82, 2.24) is 9.97 Å². The molecule has 11 heavy (non-hydrogen) atoms. The number of terminal acetylenes is 1. The lowest BCUT2D eigenvalue weighted by atomic mass is 10.3. The van der Waals surface area contributed by atoms with E-state index in [4.69, 9.17) is 6.42 Å². The maximum Gasteiger partial charge on any atom is 0.115 e. The summed E-state index contributed by atoms with van der Waals surface area (Å²) in [5.41, 5.74) is 1.02. The number of hydrogen-bond acceptors (Lipinski definition) is 3. The summed E-state index contributed by atoms with van der Waals surface area (Å²) in [5, 5.41) is 2.50. The minimum atomic E-state index is 0.895. The molecule has 0 atom stereocenters. The molecular formula is C8H8N2S. The van der Waals surface area contributed by atoms with Gasteiger partial charge < -0.3 is 0 Å². The van der Waals surface area contributed by atoms with E-state index in [0.29, 0.717) is 0 Å². The molecular weight excluding hydrogens is 156 g/mol. The molecule has 0 N–H and O–H groups in total.